The number of allylic oxidation sites excluding steroid dienone is 2. The van der Waals surface area contributed by atoms with Gasteiger partial charge in [-0.25, -0.2) is 4.98 Å². The van der Waals surface area contributed by atoms with E-state index in [9.17, 15) is 0 Å². The van der Waals surface area contributed by atoms with Crippen molar-refractivity contribution >= 4 is 32.3 Å². The van der Waals surface area contributed by atoms with Crippen molar-refractivity contribution < 1.29 is 9.26 Å². The average molecular weight is 518 g/mol. The van der Waals surface area contributed by atoms with Gasteiger partial charge in [0.15, 0.2) is 0 Å². The van der Waals surface area contributed by atoms with Gasteiger partial charge in [0.05, 0.1) is 36.6 Å². The van der Waals surface area contributed by atoms with Crippen LogP contribution in [0.2, 0.25) is 0 Å². The van der Waals surface area contributed by atoms with E-state index in [0.717, 1.165) is 79.6 Å². The summed E-state index contributed by atoms with van der Waals surface area (Å²) in [6.45, 7) is 2.91. The zero-order valence-electron chi connectivity index (χ0n) is 22.2. The number of unbranched alkanes of at least 4 members (excludes halogenated alkanes) is 2. The van der Waals surface area contributed by atoms with Gasteiger partial charge in [0.2, 0.25) is 0 Å². The van der Waals surface area contributed by atoms with E-state index in [4.69, 9.17) is 19.7 Å². The molecule has 1 aliphatic rings. The number of rotatable bonds is 15. The summed E-state index contributed by atoms with van der Waals surface area (Å²) in [5.74, 6) is 2.07. The summed E-state index contributed by atoms with van der Waals surface area (Å²) >= 11 is 0. The highest BCUT2D eigenvalue weighted by Crippen LogP contribution is 2.42. The van der Waals surface area contributed by atoms with Crippen LogP contribution in [-0.2, 0) is 10.9 Å². The SMILES string of the molecule is CCCC/C=C(\C=N)c1cnc2ccc(C(CCCOP)CCc3cc(OC)cc(C4CC4)c3)cc2n1. The summed E-state index contributed by atoms with van der Waals surface area (Å²) < 4.78 is 10.9. The Morgan fingerprint density at radius 1 is 1.14 bits per heavy atom. The lowest BCUT2D eigenvalue weighted by atomic mass is 9.88. The highest BCUT2D eigenvalue weighted by atomic mass is 31.0. The second-order valence-corrected chi connectivity index (χ2v) is 10.4. The molecule has 0 saturated heterocycles. The molecule has 1 aromatic heterocycles. The van der Waals surface area contributed by atoms with E-state index in [0.29, 0.717) is 11.8 Å². The molecule has 0 aliphatic heterocycles. The Labute approximate surface area is 223 Å². The van der Waals surface area contributed by atoms with Crippen LogP contribution in [0.15, 0.2) is 48.7 Å². The largest absolute Gasteiger partial charge is 0.497 e. The lowest BCUT2D eigenvalue weighted by molar-refractivity contribution is 0.346. The van der Waals surface area contributed by atoms with E-state index < -0.39 is 0 Å². The lowest BCUT2D eigenvalue weighted by Crippen LogP contribution is -2.04. The lowest BCUT2D eigenvalue weighted by Gasteiger charge is -2.19. The van der Waals surface area contributed by atoms with Gasteiger partial charge in [-0.3, -0.25) is 4.98 Å². The van der Waals surface area contributed by atoms with Gasteiger partial charge in [0, 0.05) is 21.3 Å². The molecule has 2 unspecified atom stereocenters. The zero-order chi connectivity index (χ0) is 26.0. The van der Waals surface area contributed by atoms with E-state index in [1.165, 1.54) is 35.7 Å². The highest BCUT2D eigenvalue weighted by molar-refractivity contribution is 7.09. The molecule has 0 spiro atoms. The maximum atomic E-state index is 7.87. The summed E-state index contributed by atoms with van der Waals surface area (Å²) in [4.78, 5) is 9.57. The molecule has 6 heteroatoms. The van der Waals surface area contributed by atoms with Crippen LogP contribution in [-0.4, -0.2) is 29.9 Å². The van der Waals surface area contributed by atoms with Gasteiger partial charge in [-0.05, 0) is 97.7 Å². The number of hydrogen-bond acceptors (Lipinski definition) is 5. The molecule has 1 aliphatic carbocycles. The van der Waals surface area contributed by atoms with Crippen molar-refractivity contribution in [1.82, 2.24) is 9.97 Å². The Bertz CT molecular complexity index is 1220. The number of aryl methyl sites for hydroxylation is 1. The molecule has 0 amide bonds. The molecule has 37 heavy (non-hydrogen) atoms. The van der Waals surface area contributed by atoms with Crippen LogP contribution in [0.25, 0.3) is 16.6 Å². The van der Waals surface area contributed by atoms with Crippen LogP contribution in [0.1, 0.15) is 92.5 Å². The van der Waals surface area contributed by atoms with E-state index in [2.05, 4.69) is 63.8 Å². The number of hydrogen-bond donors (Lipinski definition) is 1. The third-order valence-corrected chi connectivity index (χ3v) is 7.52. The van der Waals surface area contributed by atoms with Crippen molar-refractivity contribution in [1.29, 1.82) is 5.41 Å². The van der Waals surface area contributed by atoms with Crippen LogP contribution in [0.5, 0.6) is 5.75 Å². The Balaban J connectivity index is 1.57. The molecule has 196 valence electrons. The summed E-state index contributed by atoms with van der Waals surface area (Å²) in [5, 5.41) is 7.87. The Morgan fingerprint density at radius 2 is 2.00 bits per heavy atom. The number of aromatic nitrogens is 2. The molecule has 2 atom stereocenters. The summed E-state index contributed by atoms with van der Waals surface area (Å²) in [5.41, 5.74) is 7.45. The van der Waals surface area contributed by atoms with Crippen LogP contribution in [0.4, 0.5) is 0 Å². The van der Waals surface area contributed by atoms with Gasteiger partial charge < -0.3 is 14.7 Å². The fourth-order valence-corrected chi connectivity index (χ4v) is 5.12. The standard InChI is InChI=1S/C31H40N3O2P/c1-3-4-5-7-26(20-32)31-21-33-29-14-13-25(19-30(29)34-31)23(8-6-15-36-37)10-9-22-16-27(24-11-12-24)18-28(17-22)35-2/h7,13-14,16-21,23-24,32H,3-6,8-12,15,37H2,1-2H3/b26-7+,32-20?. The van der Waals surface area contributed by atoms with Crippen molar-refractivity contribution in [3.05, 3.63) is 71.1 Å². The third kappa shape index (κ3) is 7.69. The van der Waals surface area contributed by atoms with Crippen LogP contribution >= 0.6 is 9.47 Å². The average Bonchev–Trinajstić information content (AvgIpc) is 3.78. The number of methoxy groups -OCH3 is 1. The minimum atomic E-state index is 0.396. The summed E-state index contributed by atoms with van der Waals surface area (Å²) in [6, 6.07) is 13.3. The van der Waals surface area contributed by atoms with Crippen molar-refractivity contribution in [3.63, 3.8) is 0 Å². The predicted octanol–water partition coefficient (Wildman–Crippen LogP) is 8.04. The van der Waals surface area contributed by atoms with Crippen molar-refractivity contribution in [2.24, 2.45) is 0 Å². The number of ether oxygens (including phenoxy) is 1. The number of nitrogens with zero attached hydrogens (tertiary/aromatic N) is 2. The zero-order valence-corrected chi connectivity index (χ0v) is 23.4. The maximum Gasteiger partial charge on any atom is 0.119 e. The van der Waals surface area contributed by atoms with Gasteiger partial charge in [0.25, 0.3) is 0 Å². The van der Waals surface area contributed by atoms with Crippen LogP contribution in [0, 0.1) is 5.41 Å². The molecule has 2 aromatic carbocycles. The van der Waals surface area contributed by atoms with Gasteiger partial charge in [0.1, 0.15) is 5.75 Å². The fraction of sp³-hybridized carbons (Fsp3) is 0.452. The second kappa shape index (κ2) is 13.8. The Hall–Kier alpha value is -2.62. The van der Waals surface area contributed by atoms with Crippen molar-refractivity contribution in [2.75, 3.05) is 13.7 Å². The molecule has 3 aromatic rings. The summed E-state index contributed by atoms with van der Waals surface area (Å²) in [6.07, 6.45) is 15.2. The first kappa shape index (κ1) is 27.4. The number of nitrogens with one attached hydrogen (secondary N) is 1. The Morgan fingerprint density at radius 3 is 2.73 bits per heavy atom. The fourth-order valence-electron chi connectivity index (χ4n) is 4.95. The molecule has 1 N–H and O–H groups in total. The second-order valence-electron chi connectivity index (χ2n) is 10.1. The van der Waals surface area contributed by atoms with Gasteiger partial charge in [-0.15, -0.1) is 0 Å². The van der Waals surface area contributed by atoms with E-state index >= 15 is 0 Å². The molecule has 4 rings (SSSR count). The van der Waals surface area contributed by atoms with E-state index in [1.54, 1.807) is 13.3 Å². The molecular weight excluding hydrogens is 477 g/mol. The van der Waals surface area contributed by atoms with Gasteiger partial charge >= 0.3 is 0 Å². The van der Waals surface area contributed by atoms with Gasteiger partial charge in [-0.2, -0.15) is 0 Å². The molecule has 5 nitrogen and oxygen atoms in total. The summed E-state index contributed by atoms with van der Waals surface area (Å²) in [7, 11) is 4.12. The predicted molar refractivity (Wildman–Crippen MR) is 157 cm³/mol. The quantitative estimate of drug-likeness (QED) is 0.126. The molecule has 1 fully saturated rings. The smallest absolute Gasteiger partial charge is 0.119 e. The van der Waals surface area contributed by atoms with E-state index in [-0.39, 0.29) is 0 Å². The molecule has 1 saturated carbocycles. The molecule has 0 radical (unpaired) electrons. The minimum absolute atomic E-state index is 0.396. The van der Waals surface area contributed by atoms with Crippen molar-refractivity contribution in [2.45, 2.75) is 76.5 Å². The Kier molecular flexibility index (Phi) is 10.2. The number of fused-ring (bicyclic) bond motifs is 1. The van der Waals surface area contributed by atoms with Gasteiger partial charge in [-0.1, -0.05) is 38.0 Å². The first-order chi connectivity index (χ1) is 18.1. The van der Waals surface area contributed by atoms with Crippen LogP contribution in [0.3, 0.4) is 0 Å². The van der Waals surface area contributed by atoms with Crippen LogP contribution < -0.4 is 4.74 Å². The topological polar surface area (TPSA) is 68.1 Å². The highest BCUT2D eigenvalue weighted by Gasteiger charge is 2.24. The maximum absolute atomic E-state index is 7.87. The van der Waals surface area contributed by atoms with Crippen molar-refractivity contribution in [3.8, 4) is 5.75 Å². The van der Waals surface area contributed by atoms with E-state index in [1.807, 2.05) is 0 Å². The number of benzene rings is 2. The third-order valence-electron chi connectivity index (χ3n) is 7.28. The monoisotopic (exact) mass is 517 g/mol. The molecule has 0 bridgehead atoms. The normalized spacial score (nSPS) is 14.6. The first-order valence-electron chi connectivity index (χ1n) is 13.6. The molecular formula is C31H40N3O2P. The minimum Gasteiger partial charge on any atom is -0.497 e. The molecule has 1 heterocycles. The first-order valence-corrected chi connectivity index (χ1v) is 14.1.